The first kappa shape index (κ1) is 20.6. The smallest absolute Gasteiger partial charge is 0.330 e. The van der Waals surface area contributed by atoms with Gasteiger partial charge in [0.15, 0.2) is 24.7 Å². The molecule has 0 radical (unpaired) electrons. The van der Waals surface area contributed by atoms with E-state index in [1.165, 1.54) is 6.20 Å². The van der Waals surface area contributed by atoms with E-state index in [0.717, 1.165) is 10.6 Å². The van der Waals surface area contributed by atoms with Gasteiger partial charge >= 0.3 is 11.7 Å². The van der Waals surface area contributed by atoms with Gasteiger partial charge < -0.3 is 24.7 Å². The zero-order chi connectivity index (χ0) is 20.9. The summed E-state index contributed by atoms with van der Waals surface area (Å²) in [6.07, 6.45) is -2.35. The molecule has 5 atom stereocenters. The maximum Gasteiger partial charge on any atom is 0.330 e. The summed E-state index contributed by atoms with van der Waals surface area (Å²) < 4.78 is 38.4. The fraction of sp³-hybridized carbons (Fsp3) is 0.706. The third-order valence-electron chi connectivity index (χ3n) is 4.68. The van der Waals surface area contributed by atoms with Crippen LogP contribution in [0.5, 0.6) is 0 Å². The van der Waals surface area contributed by atoms with Crippen LogP contribution in [0.3, 0.4) is 0 Å². The van der Waals surface area contributed by atoms with Crippen LogP contribution in [-0.4, -0.2) is 52.0 Å². The molecule has 0 aromatic carbocycles. The van der Waals surface area contributed by atoms with Gasteiger partial charge in [0.05, 0.1) is 0 Å². The first-order valence-electron chi connectivity index (χ1n) is 8.89. The second-order valence-corrected chi connectivity index (χ2v) is 7.71. The van der Waals surface area contributed by atoms with Crippen LogP contribution >= 0.6 is 0 Å². The van der Waals surface area contributed by atoms with Crippen LogP contribution in [0.1, 0.15) is 33.9 Å². The minimum atomic E-state index is -2.58. The van der Waals surface area contributed by atoms with Crippen LogP contribution in [0.15, 0.2) is 21.9 Å². The third kappa shape index (κ3) is 3.75. The number of aromatic nitrogens is 2. The number of fused-ring (bicyclic) bond motifs is 1. The lowest BCUT2D eigenvalue weighted by atomic mass is 10.1. The molecule has 2 aliphatic heterocycles. The molecule has 0 bridgehead atoms. The molecule has 0 amide bonds. The number of hydrogen-bond donors (Lipinski definition) is 2. The molecule has 0 spiro atoms. The quantitative estimate of drug-likeness (QED) is 0.647. The van der Waals surface area contributed by atoms with Gasteiger partial charge in [-0.25, -0.2) is 9.18 Å². The second-order valence-electron chi connectivity index (χ2n) is 7.71. The molecule has 2 aliphatic rings. The summed E-state index contributed by atoms with van der Waals surface area (Å²) in [5, 5.41) is 0. The van der Waals surface area contributed by atoms with Crippen LogP contribution < -0.4 is 17.0 Å². The second kappa shape index (κ2) is 7.07. The van der Waals surface area contributed by atoms with E-state index in [2.05, 4.69) is 4.98 Å². The highest BCUT2D eigenvalue weighted by Crippen LogP contribution is 2.48. The average Bonchev–Trinajstić information content (AvgIpc) is 3.05. The first-order chi connectivity index (χ1) is 12.9. The van der Waals surface area contributed by atoms with Gasteiger partial charge in [-0.3, -0.25) is 19.1 Å². The molecule has 3 rings (SSSR count). The lowest BCUT2D eigenvalue weighted by molar-refractivity contribution is -0.267. The Labute approximate surface area is 159 Å². The van der Waals surface area contributed by atoms with Crippen molar-refractivity contribution in [3.63, 3.8) is 0 Å². The monoisotopic (exact) mass is 401 g/mol. The number of carbonyl (C=O) groups is 1. The van der Waals surface area contributed by atoms with E-state index in [1.54, 1.807) is 27.7 Å². The van der Waals surface area contributed by atoms with E-state index in [-0.39, 0.29) is 5.92 Å². The Morgan fingerprint density at radius 3 is 2.64 bits per heavy atom. The number of rotatable bonds is 5. The van der Waals surface area contributed by atoms with Crippen molar-refractivity contribution in [2.45, 2.75) is 63.8 Å². The van der Waals surface area contributed by atoms with Crippen molar-refractivity contribution in [1.82, 2.24) is 9.55 Å². The Balaban J connectivity index is 1.87. The van der Waals surface area contributed by atoms with Gasteiger partial charge in [-0.05, 0) is 19.8 Å². The van der Waals surface area contributed by atoms with Gasteiger partial charge in [-0.15, -0.1) is 0 Å². The van der Waals surface area contributed by atoms with Crippen LogP contribution in [0.2, 0.25) is 0 Å². The minimum Gasteiger partial charge on any atom is -0.458 e. The molecule has 1 aromatic heterocycles. The number of nitrogens with zero attached hydrogens (tertiary/aromatic N) is 1. The van der Waals surface area contributed by atoms with E-state index in [4.69, 9.17) is 24.7 Å². The van der Waals surface area contributed by atoms with Gasteiger partial charge in [-0.2, -0.15) is 0 Å². The lowest BCUT2D eigenvalue weighted by Gasteiger charge is -2.28. The molecule has 28 heavy (non-hydrogen) atoms. The minimum absolute atomic E-state index is 0.197. The molecule has 0 unspecified atom stereocenters. The SMILES string of the molecule is CC(C)[C@H](N)C(=O)OC[C@@]1(F)O[C@@H](n2ccc(=O)[nH]c2=O)[C@@H]2OC(C)(C)O[C@@H]21. The zero-order valence-electron chi connectivity index (χ0n) is 16.0. The van der Waals surface area contributed by atoms with E-state index in [1.807, 2.05) is 0 Å². The number of H-pyrrole nitrogens is 1. The number of ether oxygens (including phenoxy) is 4. The molecule has 3 N–H and O–H groups in total. The highest BCUT2D eigenvalue weighted by Gasteiger charge is 2.65. The maximum atomic E-state index is 15.7. The van der Waals surface area contributed by atoms with Crippen LogP contribution in [0, 0.1) is 5.92 Å². The van der Waals surface area contributed by atoms with Gasteiger partial charge in [0.25, 0.3) is 11.4 Å². The summed E-state index contributed by atoms with van der Waals surface area (Å²) in [4.78, 5) is 37.5. The van der Waals surface area contributed by atoms with Crippen molar-refractivity contribution in [3.05, 3.63) is 33.1 Å². The molecule has 1 aromatic rings. The topological polar surface area (TPSA) is 135 Å². The number of carbonyl (C=O) groups excluding carboxylic acids is 1. The van der Waals surface area contributed by atoms with Crippen LogP contribution in [-0.2, 0) is 23.7 Å². The fourth-order valence-corrected chi connectivity index (χ4v) is 3.16. The van der Waals surface area contributed by atoms with Gasteiger partial charge in [0.1, 0.15) is 12.1 Å². The molecule has 2 saturated heterocycles. The Morgan fingerprint density at radius 1 is 1.36 bits per heavy atom. The Kier molecular flexibility index (Phi) is 5.21. The highest BCUT2D eigenvalue weighted by atomic mass is 19.2. The maximum absolute atomic E-state index is 15.7. The first-order valence-corrected chi connectivity index (χ1v) is 8.89. The Morgan fingerprint density at radius 2 is 2.04 bits per heavy atom. The molecule has 3 heterocycles. The summed E-state index contributed by atoms with van der Waals surface area (Å²) in [6, 6.07) is 0.177. The summed E-state index contributed by atoms with van der Waals surface area (Å²) in [5.41, 5.74) is 4.31. The normalized spacial score (nSPS) is 32.3. The predicted molar refractivity (Wildman–Crippen MR) is 92.9 cm³/mol. The standard InChI is InChI=1S/C17H24FN3O7/c1-8(2)10(19)14(23)25-7-17(18)12-11(26-16(3,4)27-12)13(28-17)21-6-5-9(22)20-15(21)24/h5-6,8,10-13H,7,19H2,1-4H3,(H,20,22,24)/t10-,11+,12-,13+,17+/m0/s1. The summed E-state index contributed by atoms with van der Waals surface area (Å²) in [7, 11) is 0. The van der Waals surface area contributed by atoms with Crippen molar-refractivity contribution >= 4 is 5.97 Å². The molecule has 0 aliphatic carbocycles. The van der Waals surface area contributed by atoms with Crippen molar-refractivity contribution < 1.29 is 28.1 Å². The van der Waals surface area contributed by atoms with Crippen molar-refractivity contribution in [2.24, 2.45) is 11.7 Å². The summed E-state index contributed by atoms with van der Waals surface area (Å²) in [5.74, 6) is -4.71. The molecule has 10 nitrogen and oxygen atoms in total. The number of nitrogens with one attached hydrogen (secondary N) is 1. The van der Waals surface area contributed by atoms with Crippen molar-refractivity contribution in [1.29, 1.82) is 0 Å². The van der Waals surface area contributed by atoms with Gasteiger partial charge in [0, 0.05) is 12.3 Å². The molecule has 2 fully saturated rings. The van der Waals surface area contributed by atoms with Crippen LogP contribution in [0.4, 0.5) is 4.39 Å². The van der Waals surface area contributed by atoms with E-state index in [0.29, 0.717) is 0 Å². The summed E-state index contributed by atoms with van der Waals surface area (Å²) in [6.45, 7) is 5.84. The number of esters is 1. The lowest BCUT2D eigenvalue weighted by Crippen LogP contribution is -2.46. The Hall–Kier alpha value is -2.08. The van der Waals surface area contributed by atoms with E-state index >= 15 is 4.39 Å². The molecule has 11 heteroatoms. The number of hydrogen-bond acceptors (Lipinski definition) is 8. The van der Waals surface area contributed by atoms with E-state index in [9.17, 15) is 14.4 Å². The number of alkyl halides is 1. The van der Waals surface area contributed by atoms with E-state index < -0.39 is 59.9 Å². The number of aromatic amines is 1. The average molecular weight is 401 g/mol. The molecule has 0 saturated carbocycles. The number of nitrogens with two attached hydrogens (primary N) is 1. The largest absolute Gasteiger partial charge is 0.458 e. The molecular weight excluding hydrogens is 377 g/mol. The molecule has 156 valence electrons. The number of halogens is 1. The molecular formula is C17H24FN3O7. The fourth-order valence-electron chi connectivity index (χ4n) is 3.16. The Bertz CT molecular complexity index is 867. The van der Waals surface area contributed by atoms with Gasteiger partial charge in [0.2, 0.25) is 0 Å². The highest BCUT2D eigenvalue weighted by molar-refractivity contribution is 5.75. The van der Waals surface area contributed by atoms with Gasteiger partial charge in [-0.1, -0.05) is 13.8 Å². The summed E-state index contributed by atoms with van der Waals surface area (Å²) >= 11 is 0. The predicted octanol–water partition coefficient (Wildman–Crippen LogP) is -0.222. The zero-order valence-corrected chi connectivity index (χ0v) is 16.0. The van der Waals surface area contributed by atoms with Crippen LogP contribution in [0.25, 0.3) is 0 Å². The van der Waals surface area contributed by atoms with Crippen molar-refractivity contribution in [2.75, 3.05) is 6.61 Å². The third-order valence-corrected chi connectivity index (χ3v) is 4.68. The van der Waals surface area contributed by atoms with Crippen molar-refractivity contribution in [3.8, 4) is 0 Å².